The van der Waals surface area contributed by atoms with Crippen LogP contribution in [0.4, 0.5) is 5.69 Å². The van der Waals surface area contributed by atoms with Crippen LogP contribution < -0.4 is 10.0 Å². The molecule has 0 amide bonds. The summed E-state index contributed by atoms with van der Waals surface area (Å²) in [4.78, 5) is 28.4. The molecule has 0 aliphatic carbocycles. The summed E-state index contributed by atoms with van der Waals surface area (Å²) in [6, 6.07) is 11.0. The van der Waals surface area contributed by atoms with Crippen molar-refractivity contribution >= 4 is 18.6 Å². The van der Waals surface area contributed by atoms with Gasteiger partial charge >= 0.3 is 13.3 Å². The Morgan fingerprint density at radius 3 is 2.45 bits per heavy atom. The molecule has 0 radical (unpaired) electrons. The third-order valence-electron chi connectivity index (χ3n) is 2.44. The molecule has 2 N–H and O–H groups in total. The van der Waals surface area contributed by atoms with Crippen LogP contribution in [0.1, 0.15) is 0 Å². The molecule has 0 unspecified atom stereocenters. The van der Waals surface area contributed by atoms with Gasteiger partial charge < -0.3 is 14.5 Å². The lowest BCUT2D eigenvalue weighted by Gasteiger charge is -2.08. The molecule has 0 saturated heterocycles. The average Bonchev–Trinajstić information content (AvgIpc) is 2.38. The number of rotatable bonds is 4. The zero-order valence-electron chi connectivity index (χ0n) is 10.0. The van der Waals surface area contributed by atoms with Crippen LogP contribution >= 0.6 is 7.60 Å². The molecule has 2 aromatic carbocycles. The Kier molecular flexibility index (Phi) is 3.85. The summed E-state index contributed by atoms with van der Waals surface area (Å²) in [5.41, 5.74) is -0.228. The standard InChI is InChI=1S/C12H10NO6P/c14-13(15)11-6-1-2-7-12(11)19-9-4-3-5-10(8-9)20(16,17)18/h1-8H,(H2,16,17,18). The highest BCUT2D eigenvalue weighted by Crippen LogP contribution is 2.36. The Morgan fingerprint density at radius 2 is 1.80 bits per heavy atom. The number of nitro groups is 1. The number of hydrogen-bond acceptors (Lipinski definition) is 4. The van der Waals surface area contributed by atoms with Crippen LogP contribution in [0, 0.1) is 10.1 Å². The zero-order valence-corrected chi connectivity index (χ0v) is 10.9. The van der Waals surface area contributed by atoms with Gasteiger partial charge in [0.05, 0.1) is 10.2 Å². The first-order chi connectivity index (χ1) is 9.38. The van der Waals surface area contributed by atoms with E-state index in [0.717, 1.165) is 6.07 Å². The maximum absolute atomic E-state index is 11.1. The molecule has 0 heterocycles. The van der Waals surface area contributed by atoms with Crippen molar-refractivity contribution in [1.82, 2.24) is 0 Å². The maximum Gasteiger partial charge on any atom is 0.356 e. The molecular weight excluding hydrogens is 285 g/mol. The first kappa shape index (κ1) is 14.2. The number of benzene rings is 2. The molecule has 0 saturated carbocycles. The fourth-order valence-corrected chi connectivity index (χ4v) is 2.13. The molecule has 0 aliphatic rings. The van der Waals surface area contributed by atoms with Gasteiger partial charge in [0.15, 0.2) is 0 Å². The van der Waals surface area contributed by atoms with Gasteiger partial charge in [0.2, 0.25) is 5.75 Å². The lowest BCUT2D eigenvalue weighted by Crippen LogP contribution is -2.03. The first-order valence-corrected chi connectivity index (χ1v) is 7.06. The van der Waals surface area contributed by atoms with E-state index in [1.807, 2.05) is 0 Å². The molecule has 0 aromatic heterocycles. The second kappa shape index (κ2) is 5.42. The number of nitrogens with zero attached hydrogens (tertiary/aromatic N) is 1. The molecule has 8 heteroatoms. The average molecular weight is 295 g/mol. The van der Waals surface area contributed by atoms with Crippen molar-refractivity contribution in [2.75, 3.05) is 0 Å². The Labute approximate surface area is 113 Å². The topological polar surface area (TPSA) is 110 Å². The van der Waals surface area contributed by atoms with Crippen LogP contribution in [0.5, 0.6) is 11.5 Å². The Hall–Kier alpha value is -2.21. The van der Waals surface area contributed by atoms with Gasteiger partial charge in [-0.25, -0.2) is 0 Å². The lowest BCUT2D eigenvalue weighted by atomic mass is 10.3. The van der Waals surface area contributed by atoms with Crippen LogP contribution in [-0.4, -0.2) is 14.7 Å². The predicted octanol–water partition coefficient (Wildman–Crippen LogP) is 2.19. The van der Waals surface area contributed by atoms with Crippen molar-refractivity contribution < 1.29 is 24.0 Å². The number of para-hydroxylation sites is 2. The quantitative estimate of drug-likeness (QED) is 0.508. The molecule has 20 heavy (non-hydrogen) atoms. The van der Waals surface area contributed by atoms with Crippen molar-refractivity contribution in [2.45, 2.75) is 0 Å². The number of nitro benzene ring substituents is 1. The van der Waals surface area contributed by atoms with Gasteiger partial charge in [-0.15, -0.1) is 0 Å². The Bertz CT molecular complexity index is 696. The van der Waals surface area contributed by atoms with Crippen molar-refractivity contribution in [1.29, 1.82) is 0 Å². The van der Waals surface area contributed by atoms with Gasteiger partial charge in [0.25, 0.3) is 0 Å². The fraction of sp³-hybridized carbons (Fsp3) is 0. The number of hydrogen-bond donors (Lipinski definition) is 2. The Balaban J connectivity index is 2.36. The molecule has 2 aromatic rings. The summed E-state index contributed by atoms with van der Waals surface area (Å²) in [7, 11) is -4.39. The summed E-state index contributed by atoms with van der Waals surface area (Å²) >= 11 is 0. The minimum absolute atomic E-state index is 0.000335. The van der Waals surface area contributed by atoms with Crippen molar-refractivity contribution in [3.8, 4) is 11.5 Å². The van der Waals surface area contributed by atoms with E-state index in [1.165, 1.54) is 36.4 Å². The first-order valence-electron chi connectivity index (χ1n) is 5.45. The highest BCUT2D eigenvalue weighted by atomic mass is 31.2. The van der Waals surface area contributed by atoms with Crippen molar-refractivity contribution in [2.24, 2.45) is 0 Å². The van der Waals surface area contributed by atoms with Gasteiger partial charge in [0, 0.05) is 6.07 Å². The van der Waals surface area contributed by atoms with Gasteiger partial charge in [-0.3, -0.25) is 14.7 Å². The van der Waals surface area contributed by atoms with Crippen LogP contribution in [0.2, 0.25) is 0 Å². The minimum atomic E-state index is -4.39. The summed E-state index contributed by atoms with van der Waals surface area (Å²) in [5, 5.41) is 10.6. The Morgan fingerprint density at radius 1 is 1.10 bits per heavy atom. The lowest BCUT2D eigenvalue weighted by molar-refractivity contribution is -0.385. The molecular formula is C12H10NO6P. The summed E-state index contributed by atoms with van der Waals surface area (Å²) in [5.74, 6) is 0.112. The third-order valence-corrected chi connectivity index (χ3v) is 3.39. The van der Waals surface area contributed by atoms with E-state index in [4.69, 9.17) is 14.5 Å². The van der Waals surface area contributed by atoms with E-state index in [2.05, 4.69) is 0 Å². The summed E-state index contributed by atoms with van der Waals surface area (Å²) in [6.45, 7) is 0. The smallest absolute Gasteiger partial charge is 0.356 e. The van der Waals surface area contributed by atoms with Crippen LogP contribution in [0.25, 0.3) is 0 Å². The second-order valence-corrected chi connectivity index (χ2v) is 5.47. The van der Waals surface area contributed by atoms with Crippen LogP contribution in [0.3, 0.4) is 0 Å². The van der Waals surface area contributed by atoms with E-state index in [9.17, 15) is 14.7 Å². The van der Waals surface area contributed by atoms with Crippen molar-refractivity contribution in [3.05, 3.63) is 58.6 Å². The molecule has 0 aliphatic heterocycles. The monoisotopic (exact) mass is 295 g/mol. The maximum atomic E-state index is 11.1. The summed E-state index contributed by atoms with van der Waals surface area (Å²) < 4.78 is 16.5. The molecule has 0 bridgehead atoms. The predicted molar refractivity (Wildman–Crippen MR) is 71.3 cm³/mol. The zero-order chi connectivity index (χ0) is 14.8. The van der Waals surface area contributed by atoms with Crippen LogP contribution in [-0.2, 0) is 4.57 Å². The molecule has 7 nitrogen and oxygen atoms in total. The highest BCUT2D eigenvalue weighted by molar-refractivity contribution is 7.60. The fourth-order valence-electron chi connectivity index (χ4n) is 1.55. The van der Waals surface area contributed by atoms with E-state index in [1.54, 1.807) is 6.07 Å². The normalized spacial score (nSPS) is 11.1. The number of ether oxygens (including phenoxy) is 1. The molecule has 0 atom stereocenters. The van der Waals surface area contributed by atoms with Gasteiger partial charge in [0.1, 0.15) is 5.75 Å². The van der Waals surface area contributed by atoms with E-state index in [-0.39, 0.29) is 22.5 Å². The minimum Gasteiger partial charge on any atom is -0.450 e. The molecule has 2 rings (SSSR count). The van der Waals surface area contributed by atoms with Crippen molar-refractivity contribution in [3.63, 3.8) is 0 Å². The van der Waals surface area contributed by atoms with Gasteiger partial charge in [-0.1, -0.05) is 18.2 Å². The SMILES string of the molecule is O=[N+]([O-])c1ccccc1Oc1cccc(P(=O)(O)O)c1. The molecule has 0 spiro atoms. The van der Waals surface area contributed by atoms with E-state index >= 15 is 0 Å². The van der Waals surface area contributed by atoms with E-state index < -0.39 is 12.5 Å². The van der Waals surface area contributed by atoms with E-state index in [0.29, 0.717) is 0 Å². The summed E-state index contributed by atoms with van der Waals surface area (Å²) in [6.07, 6.45) is 0. The second-order valence-electron chi connectivity index (χ2n) is 3.87. The molecule has 0 fully saturated rings. The third kappa shape index (κ3) is 3.21. The van der Waals surface area contributed by atoms with Gasteiger partial charge in [-0.2, -0.15) is 0 Å². The largest absolute Gasteiger partial charge is 0.450 e. The van der Waals surface area contributed by atoms with Crippen LogP contribution in [0.15, 0.2) is 48.5 Å². The highest BCUT2D eigenvalue weighted by Gasteiger charge is 2.19. The molecule has 104 valence electrons. The van der Waals surface area contributed by atoms with Gasteiger partial charge in [-0.05, 0) is 24.3 Å².